The van der Waals surface area contributed by atoms with Crippen LogP contribution in [0.1, 0.15) is 516 Å². The van der Waals surface area contributed by atoms with Crippen molar-refractivity contribution in [1.82, 2.24) is 0 Å². The molecule has 0 aromatic carbocycles. The summed E-state index contributed by atoms with van der Waals surface area (Å²) in [5.41, 5.74) is 0. The molecule has 2 atom stereocenters. The van der Waals surface area contributed by atoms with Crippen LogP contribution in [0.4, 0.5) is 0 Å². The first-order valence-electron chi connectivity index (χ1n) is 43.5. The average Bonchev–Trinajstić information content (AvgIpc) is 3.75. The van der Waals surface area contributed by atoms with E-state index in [4.69, 9.17) is 14.2 Å². The fourth-order valence-electron chi connectivity index (χ4n) is 14.3. The standard InChI is InChI=1S/C87H170O6/c1-5-9-13-17-21-25-29-32-35-38-41-46-52-58-64-70-76-83(75-69-63-57-51-28-24-20-16-12-8-4)77-71-65-59-53-47-42-39-40-44-49-55-61-67-73-79-86(89)92-82-84(93-87(90)80-74-68-62-56-50-45-37-34-31-27-23-19-15-11-7-3)81-91-85(88)78-72-66-60-54-48-43-36-33-30-26-22-18-14-10-6-2/h83-84H,5-82H2,1-4H3. The van der Waals surface area contributed by atoms with Crippen molar-refractivity contribution in [2.24, 2.45) is 5.92 Å². The number of rotatable bonds is 82. The monoisotopic (exact) mass is 1310 g/mol. The van der Waals surface area contributed by atoms with Crippen LogP contribution >= 0.6 is 0 Å². The third-order valence-corrected chi connectivity index (χ3v) is 20.8. The van der Waals surface area contributed by atoms with E-state index in [2.05, 4.69) is 27.7 Å². The molecule has 0 N–H and O–H groups in total. The largest absolute Gasteiger partial charge is 0.462 e. The summed E-state index contributed by atoms with van der Waals surface area (Å²) in [5, 5.41) is 0. The normalized spacial score (nSPS) is 12.3. The maximum atomic E-state index is 13.0. The second kappa shape index (κ2) is 81.1. The Kier molecular flexibility index (Phi) is 79.7. The van der Waals surface area contributed by atoms with Crippen LogP contribution in [0.25, 0.3) is 0 Å². The molecule has 2 unspecified atom stereocenters. The van der Waals surface area contributed by atoms with E-state index < -0.39 is 6.10 Å². The highest BCUT2D eigenvalue weighted by atomic mass is 16.6. The van der Waals surface area contributed by atoms with Crippen LogP contribution in [0.2, 0.25) is 0 Å². The van der Waals surface area contributed by atoms with Gasteiger partial charge in [-0.3, -0.25) is 14.4 Å². The van der Waals surface area contributed by atoms with Gasteiger partial charge in [0.05, 0.1) is 0 Å². The molecular formula is C87H170O6. The highest BCUT2D eigenvalue weighted by Gasteiger charge is 2.20. The zero-order valence-corrected chi connectivity index (χ0v) is 64.3. The van der Waals surface area contributed by atoms with Crippen molar-refractivity contribution < 1.29 is 28.6 Å². The molecule has 0 aromatic rings. The van der Waals surface area contributed by atoms with Crippen LogP contribution in [0.5, 0.6) is 0 Å². The minimum absolute atomic E-state index is 0.0603. The smallest absolute Gasteiger partial charge is 0.306 e. The minimum atomic E-state index is -0.766. The van der Waals surface area contributed by atoms with Gasteiger partial charge in [-0.05, 0) is 25.2 Å². The zero-order valence-electron chi connectivity index (χ0n) is 64.3. The van der Waals surface area contributed by atoms with Crippen molar-refractivity contribution in [3.8, 4) is 0 Å². The van der Waals surface area contributed by atoms with Gasteiger partial charge in [-0.1, -0.05) is 477 Å². The Labute approximate surface area is 584 Å². The zero-order chi connectivity index (χ0) is 67.2. The Morgan fingerprint density at radius 1 is 0.194 bits per heavy atom. The van der Waals surface area contributed by atoms with Gasteiger partial charge in [0.2, 0.25) is 0 Å². The Hall–Kier alpha value is -1.59. The van der Waals surface area contributed by atoms with E-state index in [0.717, 1.165) is 63.7 Å². The van der Waals surface area contributed by atoms with Crippen LogP contribution in [-0.2, 0) is 28.6 Å². The number of unbranched alkanes of at least 4 members (excludes halogenated alkanes) is 65. The van der Waals surface area contributed by atoms with Crippen molar-refractivity contribution in [3.05, 3.63) is 0 Å². The molecular weight excluding hydrogens is 1140 g/mol. The molecule has 0 aliphatic carbocycles. The molecule has 0 heterocycles. The predicted molar refractivity (Wildman–Crippen MR) is 409 cm³/mol. The molecule has 554 valence electrons. The van der Waals surface area contributed by atoms with Gasteiger partial charge in [-0.25, -0.2) is 0 Å². The van der Waals surface area contributed by atoms with E-state index in [-0.39, 0.29) is 31.1 Å². The number of carbonyl (C=O) groups excluding carboxylic acids is 3. The summed E-state index contributed by atoms with van der Waals surface area (Å²) in [6.45, 7) is 9.08. The van der Waals surface area contributed by atoms with Crippen LogP contribution in [-0.4, -0.2) is 37.2 Å². The average molecular weight is 1310 g/mol. The maximum absolute atomic E-state index is 13.0. The minimum Gasteiger partial charge on any atom is -0.462 e. The van der Waals surface area contributed by atoms with E-state index >= 15 is 0 Å². The molecule has 0 radical (unpaired) electrons. The van der Waals surface area contributed by atoms with Crippen molar-refractivity contribution in [2.45, 2.75) is 522 Å². The summed E-state index contributed by atoms with van der Waals surface area (Å²) in [7, 11) is 0. The number of esters is 3. The lowest BCUT2D eigenvalue weighted by Crippen LogP contribution is -2.30. The molecule has 0 rings (SSSR count). The highest BCUT2D eigenvalue weighted by molar-refractivity contribution is 5.71. The highest BCUT2D eigenvalue weighted by Crippen LogP contribution is 2.26. The summed E-state index contributed by atoms with van der Waals surface area (Å²) < 4.78 is 17.1. The van der Waals surface area contributed by atoms with Gasteiger partial charge in [-0.15, -0.1) is 0 Å². The van der Waals surface area contributed by atoms with E-state index in [1.807, 2.05) is 0 Å². The fourth-order valence-corrected chi connectivity index (χ4v) is 14.3. The molecule has 0 amide bonds. The van der Waals surface area contributed by atoms with Crippen LogP contribution in [0.15, 0.2) is 0 Å². The predicted octanol–water partition coefficient (Wildman–Crippen LogP) is 30.3. The van der Waals surface area contributed by atoms with Gasteiger partial charge in [0, 0.05) is 19.3 Å². The molecule has 0 fully saturated rings. The van der Waals surface area contributed by atoms with E-state index in [1.165, 1.54) is 411 Å². The first kappa shape index (κ1) is 91.4. The number of carbonyl (C=O) groups is 3. The van der Waals surface area contributed by atoms with E-state index in [9.17, 15) is 14.4 Å². The number of ether oxygens (including phenoxy) is 3. The molecule has 93 heavy (non-hydrogen) atoms. The molecule has 0 saturated carbocycles. The quantitative estimate of drug-likeness (QED) is 0.0343. The molecule has 0 spiro atoms. The SMILES string of the molecule is CCCCCCCCCCCCCCCCCCC(CCCCCCCCCCCC)CCCCCCCCCCCCCCCCC(=O)OCC(COC(=O)CCCCCCCCCCCCCCCCC)OC(=O)CCCCCCCCCCCCCCCCC. The van der Waals surface area contributed by atoms with Crippen molar-refractivity contribution in [1.29, 1.82) is 0 Å². The lowest BCUT2D eigenvalue weighted by atomic mass is 9.89. The summed E-state index contributed by atoms with van der Waals surface area (Å²) in [6, 6.07) is 0. The van der Waals surface area contributed by atoms with Crippen molar-refractivity contribution in [3.63, 3.8) is 0 Å². The summed E-state index contributed by atoms with van der Waals surface area (Å²) in [4.78, 5) is 38.7. The molecule has 6 nitrogen and oxygen atoms in total. The summed E-state index contributed by atoms with van der Waals surface area (Å²) in [5.74, 6) is 0.167. The second-order valence-electron chi connectivity index (χ2n) is 30.3. The third kappa shape index (κ3) is 77.6. The topological polar surface area (TPSA) is 78.9 Å². The Balaban J connectivity index is 4.42. The maximum Gasteiger partial charge on any atom is 0.306 e. The third-order valence-electron chi connectivity index (χ3n) is 20.8. The van der Waals surface area contributed by atoms with E-state index in [1.54, 1.807) is 0 Å². The van der Waals surface area contributed by atoms with Gasteiger partial charge in [0.15, 0.2) is 6.10 Å². The molecule has 6 heteroatoms. The van der Waals surface area contributed by atoms with Gasteiger partial charge in [0.1, 0.15) is 13.2 Å². The molecule has 0 saturated heterocycles. The van der Waals surface area contributed by atoms with Crippen molar-refractivity contribution >= 4 is 17.9 Å². The van der Waals surface area contributed by atoms with Crippen LogP contribution in [0.3, 0.4) is 0 Å². The van der Waals surface area contributed by atoms with Gasteiger partial charge < -0.3 is 14.2 Å². The molecule has 0 bridgehead atoms. The number of hydrogen-bond donors (Lipinski definition) is 0. The van der Waals surface area contributed by atoms with Gasteiger partial charge >= 0.3 is 17.9 Å². The Morgan fingerprint density at radius 3 is 0.527 bits per heavy atom. The molecule has 0 aliphatic heterocycles. The second-order valence-corrected chi connectivity index (χ2v) is 30.3. The molecule has 0 aliphatic rings. The Bertz CT molecular complexity index is 1430. The first-order valence-corrected chi connectivity index (χ1v) is 43.5. The summed E-state index contributed by atoms with van der Waals surface area (Å²) >= 11 is 0. The van der Waals surface area contributed by atoms with Crippen LogP contribution < -0.4 is 0 Å². The Morgan fingerprint density at radius 2 is 0.344 bits per heavy atom. The van der Waals surface area contributed by atoms with Crippen LogP contribution in [0, 0.1) is 5.92 Å². The van der Waals surface area contributed by atoms with Gasteiger partial charge in [-0.2, -0.15) is 0 Å². The first-order chi connectivity index (χ1) is 46.0. The molecule has 0 aromatic heterocycles. The number of hydrogen-bond acceptors (Lipinski definition) is 6. The van der Waals surface area contributed by atoms with Gasteiger partial charge in [0.25, 0.3) is 0 Å². The fraction of sp³-hybridized carbons (Fsp3) is 0.966. The lowest BCUT2D eigenvalue weighted by Gasteiger charge is -2.18. The van der Waals surface area contributed by atoms with Crippen molar-refractivity contribution in [2.75, 3.05) is 13.2 Å². The summed E-state index contributed by atoms with van der Waals surface area (Å²) in [6.07, 6.45) is 99.1. The lowest BCUT2D eigenvalue weighted by molar-refractivity contribution is -0.167. The van der Waals surface area contributed by atoms with E-state index in [0.29, 0.717) is 19.3 Å².